The number of aromatic amines is 1. The number of nitrogens with one attached hydrogen (secondary N) is 2. The van der Waals surface area contributed by atoms with Gasteiger partial charge in [0.15, 0.2) is 0 Å². The Morgan fingerprint density at radius 2 is 2.17 bits per heavy atom. The maximum absolute atomic E-state index is 4.76. The van der Waals surface area contributed by atoms with E-state index >= 15 is 0 Å². The lowest BCUT2D eigenvalue weighted by Gasteiger charge is -2.17. The van der Waals surface area contributed by atoms with Gasteiger partial charge in [-0.3, -0.25) is 0 Å². The third-order valence-corrected chi connectivity index (χ3v) is 5.39. The molecule has 0 saturated heterocycles. The van der Waals surface area contributed by atoms with Gasteiger partial charge in [-0.2, -0.15) is 11.8 Å². The first kappa shape index (κ1) is 15.4. The summed E-state index contributed by atoms with van der Waals surface area (Å²) in [5.41, 5.74) is 2.05. The SMILES string of the molecule is CSCCC(Nc1ncnc2sccc12)c1nc2ccccc2[nH]1. The first-order chi connectivity index (χ1) is 11.8. The second-order valence-corrected chi connectivity index (χ2v) is 7.36. The monoisotopic (exact) mass is 355 g/mol. The van der Waals surface area contributed by atoms with Crippen LogP contribution in [0.5, 0.6) is 0 Å². The average Bonchev–Trinajstić information content (AvgIpc) is 3.25. The standard InChI is InChI=1S/C17H17N5S2/c1-23-8-7-14(16-20-12-4-2-3-5-13(12)21-16)22-15-11-6-9-24-17(11)19-10-18-15/h2-6,9-10,14H,7-8H2,1H3,(H,20,21)(H,18,19,22). The summed E-state index contributed by atoms with van der Waals surface area (Å²) in [6, 6.07) is 10.3. The van der Waals surface area contributed by atoms with Crippen molar-refractivity contribution in [2.45, 2.75) is 12.5 Å². The highest BCUT2D eigenvalue weighted by Crippen LogP contribution is 2.29. The molecule has 4 rings (SSSR count). The Balaban J connectivity index is 1.69. The maximum Gasteiger partial charge on any atom is 0.138 e. The third kappa shape index (κ3) is 2.97. The van der Waals surface area contributed by atoms with Crippen LogP contribution in [-0.4, -0.2) is 31.9 Å². The molecule has 3 aromatic heterocycles. The van der Waals surface area contributed by atoms with E-state index in [4.69, 9.17) is 4.98 Å². The molecule has 24 heavy (non-hydrogen) atoms. The highest BCUT2D eigenvalue weighted by molar-refractivity contribution is 7.98. The minimum atomic E-state index is 0.0860. The van der Waals surface area contributed by atoms with Crippen molar-refractivity contribution in [2.75, 3.05) is 17.3 Å². The molecule has 0 saturated carbocycles. The van der Waals surface area contributed by atoms with Crippen LogP contribution in [0.25, 0.3) is 21.3 Å². The van der Waals surface area contributed by atoms with Crippen LogP contribution < -0.4 is 5.32 Å². The number of anilines is 1. The van der Waals surface area contributed by atoms with Crippen molar-refractivity contribution in [1.82, 2.24) is 19.9 Å². The Morgan fingerprint density at radius 3 is 3.04 bits per heavy atom. The number of rotatable bonds is 6. The zero-order valence-electron chi connectivity index (χ0n) is 13.2. The van der Waals surface area contributed by atoms with Gasteiger partial charge in [-0.05, 0) is 42.0 Å². The molecule has 3 heterocycles. The second kappa shape index (κ2) is 6.78. The molecular formula is C17H17N5S2. The summed E-state index contributed by atoms with van der Waals surface area (Å²) in [4.78, 5) is 18.0. The smallest absolute Gasteiger partial charge is 0.138 e. The van der Waals surface area contributed by atoms with Crippen molar-refractivity contribution in [1.29, 1.82) is 0 Å². The van der Waals surface area contributed by atoms with Gasteiger partial charge in [0, 0.05) is 0 Å². The zero-order valence-corrected chi connectivity index (χ0v) is 14.8. The quantitative estimate of drug-likeness (QED) is 0.534. The lowest BCUT2D eigenvalue weighted by Crippen LogP contribution is -2.14. The van der Waals surface area contributed by atoms with Crippen LogP contribution in [0.2, 0.25) is 0 Å². The van der Waals surface area contributed by atoms with E-state index in [-0.39, 0.29) is 6.04 Å². The molecule has 0 aliphatic carbocycles. The largest absolute Gasteiger partial charge is 0.359 e. The Morgan fingerprint density at radius 1 is 1.25 bits per heavy atom. The van der Waals surface area contributed by atoms with E-state index in [1.807, 2.05) is 35.3 Å². The molecular weight excluding hydrogens is 338 g/mol. The Labute approximate surface area is 147 Å². The molecule has 0 aliphatic rings. The number of thiophene rings is 1. The van der Waals surface area contributed by atoms with Crippen molar-refractivity contribution >= 4 is 50.2 Å². The fraction of sp³-hybridized carbons (Fsp3) is 0.235. The average molecular weight is 355 g/mol. The van der Waals surface area contributed by atoms with Crippen LogP contribution in [0.1, 0.15) is 18.3 Å². The van der Waals surface area contributed by atoms with Crippen LogP contribution in [0, 0.1) is 0 Å². The summed E-state index contributed by atoms with van der Waals surface area (Å²) >= 11 is 3.46. The summed E-state index contributed by atoms with van der Waals surface area (Å²) in [6.45, 7) is 0. The molecule has 0 amide bonds. The number of aromatic nitrogens is 4. The van der Waals surface area contributed by atoms with Gasteiger partial charge < -0.3 is 10.3 Å². The van der Waals surface area contributed by atoms with Gasteiger partial charge in [0.1, 0.15) is 22.8 Å². The molecule has 122 valence electrons. The van der Waals surface area contributed by atoms with Gasteiger partial charge in [-0.25, -0.2) is 15.0 Å². The summed E-state index contributed by atoms with van der Waals surface area (Å²) in [5, 5.41) is 6.68. The van der Waals surface area contributed by atoms with Crippen molar-refractivity contribution in [2.24, 2.45) is 0 Å². The first-order valence-corrected chi connectivity index (χ1v) is 10.0. The number of fused-ring (bicyclic) bond motifs is 2. The molecule has 0 radical (unpaired) electrons. The summed E-state index contributed by atoms with van der Waals surface area (Å²) in [7, 11) is 0. The Kier molecular flexibility index (Phi) is 4.36. The van der Waals surface area contributed by atoms with Crippen molar-refractivity contribution in [3.8, 4) is 0 Å². The van der Waals surface area contributed by atoms with Crippen molar-refractivity contribution in [3.63, 3.8) is 0 Å². The number of imidazole rings is 1. The molecule has 1 aromatic carbocycles. The summed E-state index contributed by atoms with van der Waals surface area (Å²) < 4.78 is 0. The van der Waals surface area contributed by atoms with Crippen LogP contribution in [0.4, 0.5) is 5.82 Å². The van der Waals surface area contributed by atoms with Gasteiger partial charge in [0.25, 0.3) is 0 Å². The van der Waals surface area contributed by atoms with Gasteiger partial charge in [-0.1, -0.05) is 12.1 Å². The molecule has 1 unspecified atom stereocenters. The number of hydrogen-bond acceptors (Lipinski definition) is 6. The lowest BCUT2D eigenvalue weighted by molar-refractivity contribution is 0.710. The molecule has 5 nitrogen and oxygen atoms in total. The number of hydrogen-bond donors (Lipinski definition) is 2. The fourth-order valence-corrected chi connectivity index (χ4v) is 3.92. The summed E-state index contributed by atoms with van der Waals surface area (Å²) in [5.74, 6) is 2.87. The molecule has 4 aromatic rings. The highest BCUT2D eigenvalue weighted by atomic mass is 32.2. The van der Waals surface area contributed by atoms with Gasteiger partial charge in [0.05, 0.1) is 22.5 Å². The number of nitrogens with zero attached hydrogens (tertiary/aromatic N) is 3. The van der Waals surface area contributed by atoms with Gasteiger partial charge >= 0.3 is 0 Å². The minimum absolute atomic E-state index is 0.0860. The van der Waals surface area contributed by atoms with E-state index < -0.39 is 0 Å². The minimum Gasteiger partial charge on any atom is -0.359 e. The zero-order chi connectivity index (χ0) is 16.4. The van der Waals surface area contributed by atoms with Gasteiger partial charge in [0.2, 0.25) is 0 Å². The molecule has 2 N–H and O–H groups in total. The molecule has 7 heteroatoms. The molecule has 0 aliphatic heterocycles. The molecule has 0 fully saturated rings. The third-order valence-electron chi connectivity index (χ3n) is 3.92. The fourth-order valence-electron chi connectivity index (χ4n) is 2.72. The number of para-hydroxylation sites is 2. The predicted octanol–water partition coefficient (Wildman–Crippen LogP) is 4.47. The lowest BCUT2D eigenvalue weighted by atomic mass is 10.2. The van der Waals surface area contributed by atoms with Crippen molar-refractivity contribution in [3.05, 3.63) is 47.9 Å². The van der Waals surface area contributed by atoms with Gasteiger partial charge in [-0.15, -0.1) is 11.3 Å². The van der Waals surface area contributed by atoms with E-state index in [0.29, 0.717) is 0 Å². The molecule has 0 spiro atoms. The summed E-state index contributed by atoms with van der Waals surface area (Å²) in [6.07, 6.45) is 4.71. The highest BCUT2D eigenvalue weighted by Gasteiger charge is 2.17. The number of benzene rings is 1. The van der Waals surface area contributed by atoms with E-state index in [1.54, 1.807) is 17.7 Å². The van der Waals surface area contributed by atoms with E-state index in [2.05, 4.69) is 38.7 Å². The normalized spacial score (nSPS) is 12.7. The Bertz CT molecular complexity index is 929. The van der Waals surface area contributed by atoms with E-state index in [9.17, 15) is 0 Å². The number of thioether (sulfide) groups is 1. The molecule has 1 atom stereocenters. The van der Waals surface area contributed by atoms with Crippen molar-refractivity contribution < 1.29 is 0 Å². The van der Waals surface area contributed by atoms with Crippen LogP contribution in [0.15, 0.2) is 42.0 Å². The topological polar surface area (TPSA) is 66.5 Å². The molecule has 0 bridgehead atoms. The second-order valence-electron chi connectivity index (χ2n) is 5.48. The Hall–Kier alpha value is -2.12. The van der Waals surface area contributed by atoms with E-state index in [0.717, 1.165) is 45.1 Å². The first-order valence-electron chi connectivity index (χ1n) is 7.73. The van der Waals surface area contributed by atoms with Crippen LogP contribution >= 0.6 is 23.1 Å². The van der Waals surface area contributed by atoms with Crippen LogP contribution in [-0.2, 0) is 0 Å². The maximum atomic E-state index is 4.76. The number of H-pyrrole nitrogens is 1. The predicted molar refractivity (Wildman–Crippen MR) is 103 cm³/mol. The van der Waals surface area contributed by atoms with Crippen LogP contribution in [0.3, 0.4) is 0 Å². The van der Waals surface area contributed by atoms with E-state index in [1.165, 1.54) is 0 Å².